The lowest BCUT2D eigenvalue weighted by Crippen LogP contribution is -2.21. The van der Waals surface area contributed by atoms with Crippen molar-refractivity contribution in [1.82, 2.24) is 25.1 Å². The van der Waals surface area contributed by atoms with Gasteiger partial charge >= 0.3 is 0 Å². The van der Waals surface area contributed by atoms with Gasteiger partial charge in [0.1, 0.15) is 5.82 Å². The molecule has 0 atom stereocenters. The van der Waals surface area contributed by atoms with Crippen molar-refractivity contribution in [1.29, 1.82) is 0 Å². The van der Waals surface area contributed by atoms with Gasteiger partial charge in [-0.05, 0) is 30.3 Å². The van der Waals surface area contributed by atoms with E-state index in [1.165, 1.54) is 23.2 Å². The summed E-state index contributed by atoms with van der Waals surface area (Å²) in [5.74, 6) is -0.179. The second kappa shape index (κ2) is 7.70. The highest BCUT2D eigenvalue weighted by atomic mass is 19.1. The fraction of sp³-hybridized carbons (Fsp3) is 0.0952. The Bertz CT molecular complexity index is 1230. The average Bonchev–Trinajstić information content (AvgIpc) is 3.24. The molecule has 4 rings (SSSR count). The molecule has 2 heterocycles. The lowest BCUT2D eigenvalue weighted by atomic mass is 10.1. The highest BCUT2D eigenvalue weighted by molar-refractivity contribution is 5.94. The third-order valence-electron chi connectivity index (χ3n) is 4.33. The van der Waals surface area contributed by atoms with E-state index in [0.29, 0.717) is 16.8 Å². The summed E-state index contributed by atoms with van der Waals surface area (Å²) >= 11 is 0. The number of nitrogens with zero attached hydrogens (tertiary/aromatic N) is 5. The molecule has 2 N–H and O–H groups in total. The normalized spacial score (nSPS) is 10.8. The minimum absolute atomic E-state index is 0. The molecule has 1 amide bonds. The molecule has 0 spiro atoms. The molecule has 2 aromatic carbocycles. The molecule has 0 bridgehead atoms. The Kier molecular flexibility index (Phi) is 4.93. The van der Waals surface area contributed by atoms with E-state index in [1.807, 2.05) is 0 Å². The van der Waals surface area contributed by atoms with Gasteiger partial charge in [0.25, 0.3) is 11.8 Å². The van der Waals surface area contributed by atoms with Crippen molar-refractivity contribution in [3.8, 4) is 34.3 Å². The minimum atomic E-state index is -0.412. The summed E-state index contributed by atoms with van der Waals surface area (Å²) in [6, 6.07) is 12.8. The molecule has 0 aliphatic heterocycles. The average molecular weight is 406 g/mol. The summed E-state index contributed by atoms with van der Waals surface area (Å²) in [5.41, 5.74) is 8.44. The summed E-state index contributed by atoms with van der Waals surface area (Å²) in [7, 11) is 3.38. The van der Waals surface area contributed by atoms with Gasteiger partial charge in [-0.15, -0.1) is 10.2 Å². The molecule has 2 aromatic heterocycles. The van der Waals surface area contributed by atoms with Gasteiger partial charge in [0.15, 0.2) is 11.5 Å². The lowest BCUT2D eigenvalue weighted by Gasteiger charge is -2.10. The zero-order valence-electron chi connectivity index (χ0n) is 16.2. The maximum Gasteiger partial charge on any atom is 0.270 e. The van der Waals surface area contributed by atoms with Crippen molar-refractivity contribution >= 4 is 11.7 Å². The molecule has 0 radical (unpaired) electrons. The van der Waals surface area contributed by atoms with Gasteiger partial charge in [-0.25, -0.2) is 14.4 Å². The van der Waals surface area contributed by atoms with Crippen LogP contribution in [-0.2, 0) is 0 Å². The van der Waals surface area contributed by atoms with Crippen LogP contribution in [0.5, 0.6) is 0 Å². The Hall–Kier alpha value is -4.14. The Labute approximate surface area is 172 Å². The third-order valence-corrected chi connectivity index (χ3v) is 4.33. The molecular weight excluding hydrogens is 387 g/mol. The van der Waals surface area contributed by atoms with E-state index in [0.717, 1.165) is 5.56 Å². The largest absolute Gasteiger partial charge is 0.414 e. The molecular formula is C21H19FN6O2. The zero-order chi connectivity index (χ0) is 21.3. The van der Waals surface area contributed by atoms with Crippen LogP contribution in [0.3, 0.4) is 0 Å². The van der Waals surface area contributed by atoms with Crippen LogP contribution < -0.4 is 5.73 Å². The fourth-order valence-corrected chi connectivity index (χ4v) is 2.79. The van der Waals surface area contributed by atoms with Crippen molar-refractivity contribution in [3.63, 3.8) is 0 Å². The molecule has 0 fully saturated rings. The number of hydrogen-bond donors (Lipinski definition) is 1. The third kappa shape index (κ3) is 3.72. The van der Waals surface area contributed by atoms with Gasteiger partial charge in [-0.3, -0.25) is 4.79 Å². The summed E-state index contributed by atoms with van der Waals surface area (Å²) in [5, 5.41) is 7.92. The second-order valence-corrected chi connectivity index (χ2v) is 6.69. The maximum absolute atomic E-state index is 13.5. The molecule has 0 aliphatic rings. The quantitative estimate of drug-likeness (QED) is 0.552. The van der Waals surface area contributed by atoms with E-state index in [2.05, 4.69) is 20.2 Å². The van der Waals surface area contributed by atoms with E-state index in [1.54, 1.807) is 50.5 Å². The highest BCUT2D eigenvalue weighted by Gasteiger charge is 2.17. The first-order valence-electron chi connectivity index (χ1n) is 8.97. The van der Waals surface area contributed by atoms with Crippen LogP contribution in [0, 0.1) is 5.82 Å². The number of carbonyl (C=O) groups is 1. The molecule has 9 heteroatoms. The second-order valence-electron chi connectivity index (χ2n) is 6.69. The molecule has 0 saturated heterocycles. The van der Waals surface area contributed by atoms with Gasteiger partial charge in [-0.1, -0.05) is 18.2 Å². The van der Waals surface area contributed by atoms with Crippen LogP contribution in [-0.4, -0.2) is 45.1 Å². The summed E-state index contributed by atoms with van der Waals surface area (Å²) in [4.78, 5) is 22.2. The summed E-state index contributed by atoms with van der Waals surface area (Å²) in [6.07, 6.45) is 1.52. The predicted molar refractivity (Wildman–Crippen MR) is 111 cm³/mol. The summed E-state index contributed by atoms with van der Waals surface area (Å²) in [6.45, 7) is 0. The number of hydrogen-bond acceptors (Lipinski definition) is 7. The topological polar surface area (TPSA) is 111 Å². The predicted octanol–water partition coefficient (Wildman–Crippen LogP) is 3.53. The molecule has 0 aliphatic carbocycles. The van der Waals surface area contributed by atoms with E-state index in [9.17, 15) is 9.18 Å². The van der Waals surface area contributed by atoms with E-state index in [-0.39, 0.29) is 30.6 Å². The first-order chi connectivity index (χ1) is 14.4. The van der Waals surface area contributed by atoms with Crippen LogP contribution in [0.25, 0.3) is 34.3 Å². The molecule has 0 saturated carbocycles. The number of nitrogen functional groups attached to an aromatic ring is 1. The zero-order valence-corrected chi connectivity index (χ0v) is 16.2. The van der Waals surface area contributed by atoms with Crippen LogP contribution in [0.1, 0.15) is 11.8 Å². The van der Waals surface area contributed by atoms with Crippen LogP contribution in [0.2, 0.25) is 0 Å². The fourth-order valence-electron chi connectivity index (χ4n) is 2.79. The summed E-state index contributed by atoms with van der Waals surface area (Å²) < 4.78 is 19.1. The molecule has 0 unspecified atom stereocenters. The van der Waals surface area contributed by atoms with Crippen molar-refractivity contribution in [2.24, 2.45) is 0 Å². The molecule has 30 heavy (non-hydrogen) atoms. The van der Waals surface area contributed by atoms with Crippen molar-refractivity contribution in [2.45, 2.75) is 0 Å². The number of halogens is 1. The highest BCUT2D eigenvalue weighted by Crippen LogP contribution is 2.28. The molecule has 4 aromatic rings. The smallest absolute Gasteiger partial charge is 0.270 e. The Morgan fingerprint density at radius 1 is 1.07 bits per heavy atom. The number of anilines is 1. The number of aromatic nitrogens is 4. The number of benzene rings is 2. The van der Waals surface area contributed by atoms with Gasteiger partial charge in [0.05, 0.1) is 11.9 Å². The van der Waals surface area contributed by atoms with Crippen LogP contribution in [0.4, 0.5) is 10.2 Å². The van der Waals surface area contributed by atoms with E-state index < -0.39 is 5.82 Å². The van der Waals surface area contributed by atoms with Gasteiger partial charge < -0.3 is 15.1 Å². The standard InChI is InChI=1S/C21H17FN6O2.H2/c1-28(2)21(29)13-8-6-12(7-9-13)16-11-24-18(23)17(25-16)20-27-26-19(30-20)14-4-3-5-15(22)10-14;/h3-11H,1-2H3,(H2,23,24);1H. The SMILES string of the molecule is CN(C)C(=O)c1ccc(-c2cnc(N)c(-c3nnc(-c4cccc(F)c4)o3)n2)cc1.[HH]. The minimum Gasteiger partial charge on any atom is -0.414 e. The number of nitrogens with two attached hydrogens (primary N) is 1. The number of rotatable bonds is 4. The van der Waals surface area contributed by atoms with Crippen molar-refractivity contribution in [3.05, 3.63) is 66.1 Å². The Balaban J connectivity index is 0.00000272. The van der Waals surface area contributed by atoms with Gasteiger partial charge in [0.2, 0.25) is 5.89 Å². The number of amides is 1. The monoisotopic (exact) mass is 406 g/mol. The van der Waals surface area contributed by atoms with Crippen LogP contribution >= 0.6 is 0 Å². The first kappa shape index (κ1) is 19.2. The first-order valence-corrected chi connectivity index (χ1v) is 8.97. The van der Waals surface area contributed by atoms with Gasteiger partial charge in [-0.2, -0.15) is 0 Å². The van der Waals surface area contributed by atoms with Crippen molar-refractivity contribution < 1.29 is 15.0 Å². The van der Waals surface area contributed by atoms with E-state index >= 15 is 0 Å². The Morgan fingerprint density at radius 2 is 1.80 bits per heavy atom. The van der Waals surface area contributed by atoms with Crippen molar-refractivity contribution in [2.75, 3.05) is 19.8 Å². The molecule has 152 valence electrons. The number of carbonyl (C=O) groups excluding carboxylic acids is 1. The molecule has 8 nitrogen and oxygen atoms in total. The van der Waals surface area contributed by atoms with Gasteiger partial charge in [0, 0.05) is 32.2 Å². The Morgan fingerprint density at radius 3 is 2.50 bits per heavy atom. The van der Waals surface area contributed by atoms with Crippen LogP contribution in [0.15, 0.2) is 59.1 Å². The van der Waals surface area contributed by atoms with E-state index in [4.69, 9.17) is 10.2 Å². The maximum atomic E-state index is 13.5. The lowest BCUT2D eigenvalue weighted by molar-refractivity contribution is 0.0827.